The highest BCUT2D eigenvalue weighted by Gasteiger charge is 2.35. The summed E-state index contributed by atoms with van der Waals surface area (Å²) in [5.74, 6) is 0.373. The van der Waals surface area contributed by atoms with Gasteiger partial charge in [0.15, 0.2) is 12.4 Å². The van der Waals surface area contributed by atoms with Crippen LogP contribution in [0.1, 0.15) is 48.5 Å². The summed E-state index contributed by atoms with van der Waals surface area (Å²) in [7, 11) is 0. The van der Waals surface area contributed by atoms with Gasteiger partial charge >= 0.3 is 0 Å². The molecule has 0 spiro atoms. The number of rotatable bonds is 7. The Bertz CT molecular complexity index is 764. The van der Waals surface area contributed by atoms with Gasteiger partial charge in [-0.2, -0.15) is 0 Å². The van der Waals surface area contributed by atoms with Crippen LogP contribution >= 0.6 is 0 Å². The molecule has 0 aromatic heterocycles. The Balaban J connectivity index is 1.56. The van der Waals surface area contributed by atoms with Crippen LogP contribution < -0.4 is 10.1 Å². The molecule has 0 atom stereocenters. The predicted octanol–water partition coefficient (Wildman–Crippen LogP) is 3.90. The average molecular weight is 351 g/mol. The number of hydrogen-bond acceptors (Lipinski definition) is 3. The smallest absolute Gasteiger partial charge is 0.257 e. The summed E-state index contributed by atoms with van der Waals surface area (Å²) in [6.45, 7) is 2.09. The van der Waals surface area contributed by atoms with Crippen LogP contribution in [0.5, 0.6) is 5.75 Å². The fraction of sp³-hybridized carbons (Fsp3) is 0.364. The second-order valence-corrected chi connectivity index (χ2v) is 7.00. The van der Waals surface area contributed by atoms with Gasteiger partial charge in [-0.05, 0) is 37.5 Å². The van der Waals surface area contributed by atoms with Crippen LogP contribution in [0, 0.1) is 0 Å². The van der Waals surface area contributed by atoms with Crippen molar-refractivity contribution in [2.45, 2.75) is 38.0 Å². The fourth-order valence-corrected chi connectivity index (χ4v) is 3.68. The third-order valence-corrected chi connectivity index (χ3v) is 5.18. The van der Waals surface area contributed by atoms with Crippen LogP contribution in [-0.4, -0.2) is 24.8 Å². The van der Waals surface area contributed by atoms with Crippen molar-refractivity contribution >= 4 is 11.7 Å². The SMILES string of the molecule is CC(=O)c1cccc(OCC(=O)NCC2(c3ccccc3)CCCC2)c1. The number of ketones is 1. The molecular weight excluding hydrogens is 326 g/mol. The highest BCUT2D eigenvalue weighted by Crippen LogP contribution is 2.40. The lowest BCUT2D eigenvalue weighted by Crippen LogP contribution is -2.40. The molecule has 1 amide bonds. The molecule has 1 saturated carbocycles. The highest BCUT2D eigenvalue weighted by atomic mass is 16.5. The largest absolute Gasteiger partial charge is 0.484 e. The molecule has 1 aliphatic rings. The van der Waals surface area contributed by atoms with Crippen LogP contribution in [0.3, 0.4) is 0 Å². The van der Waals surface area contributed by atoms with E-state index in [2.05, 4.69) is 29.6 Å². The van der Waals surface area contributed by atoms with Crippen LogP contribution in [0.25, 0.3) is 0 Å². The van der Waals surface area contributed by atoms with E-state index in [1.165, 1.54) is 25.3 Å². The molecule has 1 fully saturated rings. The van der Waals surface area contributed by atoms with E-state index in [9.17, 15) is 9.59 Å². The van der Waals surface area contributed by atoms with Gasteiger partial charge in [0.2, 0.25) is 0 Å². The van der Waals surface area contributed by atoms with Crippen molar-refractivity contribution in [2.24, 2.45) is 0 Å². The maximum absolute atomic E-state index is 12.3. The summed E-state index contributed by atoms with van der Waals surface area (Å²) in [6, 6.07) is 17.4. The molecule has 0 radical (unpaired) electrons. The topological polar surface area (TPSA) is 55.4 Å². The van der Waals surface area contributed by atoms with Crippen molar-refractivity contribution in [1.29, 1.82) is 0 Å². The molecule has 4 heteroatoms. The molecule has 136 valence electrons. The summed E-state index contributed by atoms with van der Waals surface area (Å²) in [4.78, 5) is 23.7. The summed E-state index contributed by atoms with van der Waals surface area (Å²) in [6.07, 6.45) is 4.58. The number of hydrogen-bond donors (Lipinski definition) is 1. The zero-order valence-corrected chi connectivity index (χ0v) is 15.2. The van der Waals surface area contributed by atoms with Gasteiger partial charge in [0.1, 0.15) is 5.75 Å². The zero-order chi connectivity index (χ0) is 18.4. The molecule has 0 unspecified atom stereocenters. The molecule has 0 bridgehead atoms. The molecule has 4 nitrogen and oxygen atoms in total. The van der Waals surface area contributed by atoms with E-state index >= 15 is 0 Å². The maximum Gasteiger partial charge on any atom is 0.257 e. The molecule has 3 rings (SSSR count). The van der Waals surface area contributed by atoms with Crippen LogP contribution in [0.2, 0.25) is 0 Å². The van der Waals surface area contributed by atoms with E-state index in [1.807, 2.05) is 6.07 Å². The predicted molar refractivity (Wildman–Crippen MR) is 102 cm³/mol. The van der Waals surface area contributed by atoms with Gasteiger partial charge < -0.3 is 10.1 Å². The first-order valence-corrected chi connectivity index (χ1v) is 9.15. The van der Waals surface area contributed by atoms with E-state index in [0.29, 0.717) is 17.9 Å². The Morgan fingerprint density at radius 3 is 2.46 bits per heavy atom. The van der Waals surface area contributed by atoms with E-state index in [0.717, 1.165) is 12.8 Å². The van der Waals surface area contributed by atoms with Gasteiger partial charge in [0, 0.05) is 17.5 Å². The summed E-state index contributed by atoms with van der Waals surface area (Å²) < 4.78 is 5.55. The van der Waals surface area contributed by atoms with Crippen molar-refractivity contribution < 1.29 is 14.3 Å². The van der Waals surface area contributed by atoms with Gasteiger partial charge in [-0.15, -0.1) is 0 Å². The van der Waals surface area contributed by atoms with Gasteiger partial charge in [-0.3, -0.25) is 9.59 Å². The monoisotopic (exact) mass is 351 g/mol. The van der Waals surface area contributed by atoms with Gasteiger partial charge in [-0.25, -0.2) is 0 Å². The number of carbonyl (C=O) groups is 2. The van der Waals surface area contributed by atoms with Gasteiger partial charge in [-0.1, -0.05) is 55.3 Å². The highest BCUT2D eigenvalue weighted by molar-refractivity contribution is 5.94. The normalized spacial score (nSPS) is 15.4. The lowest BCUT2D eigenvalue weighted by Gasteiger charge is -2.30. The van der Waals surface area contributed by atoms with E-state index in [-0.39, 0.29) is 23.7 Å². The van der Waals surface area contributed by atoms with Crippen molar-refractivity contribution in [2.75, 3.05) is 13.2 Å². The third-order valence-electron chi connectivity index (χ3n) is 5.18. The van der Waals surface area contributed by atoms with Crippen LogP contribution in [0.4, 0.5) is 0 Å². The second kappa shape index (κ2) is 8.17. The average Bonchev–Trinajstić information content (AvgIpc) is 3.16. The molecule has 2 aromatic carbocycles. The fourth-order valence-electron chi connectivity index (χ4n) is 3.68. The minimum atomic E-state index is -0.138. The molecule has 2 aromatic rings. The standard InChI is InChI=1S/C22H25NO3/c1-17(24)18-8-7-11-20(14-18)26-15-21(25)23-16-22(12-5-6-13-22)19-9-3-2-4-10-19/h2-4,7-11,14H,5-6,12-13,15-16H2,1H3,(H,23,25). The lowest BCUT2D eigenvalue weighted by molar-refractivity contribution is -0.123. The molecule has 0 aliphatic heterocycles. The lowest BCUT2D eigenvalue weighted by atomic mass is 9.79. The Kier molecular flexibility index (Phi) is 5.71. The maximum atomic E-state index is 12.3. The van der Waals surface area contributed by atoms with Crippen molar-refractivity contribution in [3.8, 4) is 5.75 Å². The van der Waals surface area contributed by atoms with Crippen molar-refractivity contribution in [3.05, 3.63) is 65.7 Å². The Morgan fingerprint density at radius 1 is 1.04 bits per heavy atom. The minimum absolute atomic E-state index is 0.0223. The Hall–Kier alpha value is -2.62. The zero-order valence-electron chi connectivity index (χ0n) is 15.2. The number of carbonyl (C=O) groups excluding carboxylic acids is 2. The van der Waals surface area contributed by atoms with Crippen LogP contribution in [0.15, 0.2) is 54.6 Å². The van der Waals surface area contributed by atoms with Crippen LogP contribution in [-0.2, 0) is 10.2 Å². The van der Waals surface area contributed by atoms with E-state index in [4.69, 9.17) is 4.74 Å². The van der Waals surface area contributed by atoms with Crippen molar-refractivity contribution in [3.63, 3.8) is 0 Å². The summed E-state index contributed by atoms with van der Waals surface area (Å²) >= 11 is 0. The molecular formula is C22H25NO3. The molecule has 0 saturated heterocycles. The number of Topliss-reactive ketones (excluding diaryl/α,β-unsaturated/α-hetero) is 1. The summed E-state index contributed by atoms with van der Waals surface area (Å²) in [5, 5.41) is 3.04. The van der Waals surface area contributed by atoms with E-state index in [1.54, 1.807) is 24.3 Å². The number of nitrogens with one attached hydrogen (secondary N) is 1. The quantitative estimate of drug-likeness (QED) is 0.770. The first-order chi connectivity index (χ1) is 12.6. The molecule has 0 heterocycles. The van der Waals surface area contributed by atoms with E-state index < -0.39 is 0 Å². The first kappa shape index (κ1) is 18.2. The molecule has 1 aliphatic carbocycles. The van der Waals surface area contributed by atoms with Gasteiger partial charge in [0.25, 0.3) is 5.91 Å². The van der Waals surface area contributed by atoms with Gasteiger partial charge in [0.05, 0.1) is 0 Å². The Morgan fingerprint density at radius 2 is 1.77 bits per heavy atom. The third kappa shape index (κ3) is 4.31. The first-order valence-electron chi connectivity index (χ1n) is 9.15. The molecule has 1 N–H and O–H groups in total. The number of amides is 1. The minimum Gasteiger partial charge on any atom is -0.484 e. The number of benzene rings is 2. The number of ether oxygens (including phenoxy) is 1. The summed E-state index contributed by atoms with van der Waals surface area (Å²) in [5.41, 5.74) is 1.91. The Labute approximate surface area is 154 Å². The second-order valence-electron chi connectivity index (χ2n) is 7.00. The van der Waals surface area contributed by atoms with Crippen molar-refractivity contribution in [1.82, 2.24) is 5.32 Å². The molecule has 26 heavy (non-hydrogen) atoms.